The Morgan fingerprint density at radius 2 is 2.42 bits per heavy atom. The number of pyridine rings is 1. The Bertz CT molecular complexity index is 498. The van der Waals surface area contributed by atoms with Crippen LogP contribution in [0.2, 0.25) is 0 Å². The fourth-order valence-corrected chi connectivity index (χ4v) is 2.80. The summed E-state index contributed by atoms with van der Waals surface area (Å²) in [5, 5.41) is 0. The minimum Gasteiger partial charge on any atom is -0.477 e. The minimum atomic E-state index is 0.361. The maximum atomic E-state index is 5.85. The summed E-state index contributed by atoms with van der Waals surface area (Å²) in [6, 6.07) is 2.05. The molecule has 2 heterocycles. The summed E-state index contributed by atoms with van der Waals surface area (Å²) < 4.78 is 11.2. The molecule has 2 aliphatic rings. The molecular formula is C14H18N2O2S. The van der Waals surface area contributed by atoms with Crippen molar-refractivity contribution >= 4 is 17.2 Å². The van der Waals surface area contributed by atoms with Gasteiger partial charge in [0.25, 0.3) is 0 Å². The van der Waals surface area contributed by atoms with E-state index in [0.29, 0.717) is 23.4 Å². The summed E-state index contributed by atoms with van der Waals surface area (Å²) in [5.74, 6) is 1.05. The third-order valence-electron chi connectivity index (χ3n) is 3.76. The lowest BCUT2D eigenvalue weighted by atomic mass is 10.1. The summed E-state index contributed by atoms with van der Waals surface area (Å²) in [7, 11) is 0. The standard InChI is InChI=1S/C14H18N2O2S/c15-13(19)11-6-10-2-1-3-12(10)16-14(11)18-8-9-4-5-17-7-9/h6,9H,1-5,7-8H2,(H2,15,19). The quantitative estimate of drug-likeness (QED) is 0.848. The van der Waals surface area contributed by atoms with Crippen molar-refractivity contribution in [2.75, 3.05) is 19.8 Å². The Balaban J connectivity index is 1.80. The van der Waals surface area contributed by atoms with Gasteiger partial charge in [-0.15, -0.1) is 0 Å². The lowest BCUT2D eigenvalue weighted by Gasteiger charge is -2.14. The predicted octanol–water partition coefficient (Wildman–Crippen LogP) is 1.62. The number of fused-ring (bicyclic) bond motifs is 1. The van der Waals surface area contributed by atoms with Crippen molar-refractivity contribution in [2.24, 2.45) is 11.7 Å². The molecule has 19 heavy (non-hydrogen) atoms. The van der Waals surface area contributed by atoms with Gasteiger partial charge in [0.15, 0.2) is 0 Å². The molecular weight excluding hydrogens is 260 g/mol. The van der Waals surface area contributed by atoms with Crippen molar-refractivity contribution in [1.29, 1.82) is 0 Å². The first-order valence-corrected chi connectivity index (χ1v) is 7.18. The maximum absolute atomic E-state index is 5.85. The SMILES string of the molecule is NC(=S)c1cc2c(nc1OCC1CCOC1)CCC2. The molecule has 1 aliphatic heterocycles. The average molecular weight is 278 g/mol. The highest BCUT2D eigenvalue weighted by atomic mass is 32.1. The number of nitrogens with zero attached hydrogens (tertiary/aromatic N) is 1. The summed E-state index contributed by atoms with van der Waals surface area (Å²) in [5.41, 5.74) is 8.95. The minimum absolute atomic E-state index is 0.361. The first-order chi connectivity index (χ1) is 9.24. The van der Waals surface area contributed by atoms with Gasteiger partial charge >= 0.3 is 0 Å². The van der Waals surface area contributed by atoms with Crippen molar-refractivity contribution in [1.82, 2.24) is 4.98 Å². The first kappa shape index (κ1) is 12.8. The van der Waals surface area contributed by atoms with E-state index in [1.165, 1.54) is 5.56 Å². The van der Waals surface area contributed by atoms with Crippen LogP contribution in [0.3, 0.4) is 0 Å². The lowest BCUT2D eigenvalue weighted by Crippen LogP contribution is -2.17. The number of aromatic nitrogens is 1. The summed E-state index contributed by atoms with van der Waals surface area (Å²) >= 11 is 5.10. The fraction of sp³-hybridized carbons (Fsp3) is 0.571. The van der Waals surface area contributed by atoms with Crippen LogP contribution in [0.25, 0.3) is 0 Å². The van der Waals surface area contributed by atoms with Crippen LogP contribution in [0.5, 0.6) is 5.88 Å². The number of ether oxygens (including phenoxy) is 2. The molecule has 0 bridgehead atoms. The van der Waals surface area contributed by atoms with E-state index in [1.54, 1.807) is 0 Å². The largest absolute Gasteiger partial charge is 0.477 e. The molecule has 0 spiro atoms. The molecule has 2 N–H and O–H groups in total. The van der Waals surface area contributed by atoms with Crippen LogP contribution >= 0.6 is 12.2 Å². The molecule has 0 amide bonds. The van der Waals surface area contributed by atoms with Crippen LogP contribution in [0, 0.1) is 5.92 Å². The van der Waals surface area contributed by atoms with Crippen LogP contribution < -0.4 is 10.5 Å². The second-order valence-corrected chi connectivity index (χ2v) is 5.65. The van der Waals surface area contributed by atoms with Crippen LogP contribution in [0.1, 0.15) is 29.7 Å². The second-order valence-electron chi connectivity index (χ2n) is 5.21. The molecule has 0 aromatic carbocycles. The van der Waals surface area contributed by atoms with Gasteiger partial charge in [0.1, 0.15) is 4.99 Å². The number of rotatable bonds is 4. The first-order valence-electron chi connectivity index (χ1n) is 6.77. The number of nitrogens with two attached hydrogens (primary N) is 1. The Hall–Kier alpha value is -1.20. The van der Waals surface area contributed by atoms with Gasteiger partial charge in [-0.05, 0) is 37.3 Å². The Kier molecular flexibility index (Phi) is 3.66. The Morgan fingerprint density at radius 1 is 1.53 bits per heavy atom. The number of hydrogen-bond acceptors (Lipinski definition) is 4. The predicted molar refractivity (Wildman–Crippen MR) is 76.6 cm³/mol. The summed E-state index contributed by atoms with van der Waals surface area (Å²) in [4.78, 5) is 4.97. The van der Waals surface area contributed by atoms with E-state index in [-0.39, 0.29) is 0 Å². The maximum Gasteiger partial charge on any atom is 0.224 e. The van der Waals surface area contributed by atoms with E-state index >= 15 is 0 Å². The van der Waals surface area contributed by atoms with Crippen molar-refractivity contribution in [2.45, 2.75) is 25.7 Å². The molecule has 3 rings (SSSR count). The average Bonchev–Trinajstić information content (AvgIpc) is 3.05. The van der Waals surface area contributed by atoms with Crippen molar-refractivity contribution < 1.29 is 9.47 Å². The van der Waals surface area contributed by atoms with Crippen molar-refractivity contribution in [3.63, 3.8) is 0 Å². The molecule has 5 heteroatoms. The van der Waals surface area contributed by atoms with Gasteiger partial charge in [-0.1, -0.05) is 12.2 Å². The third-order valence-corrected chi connectivity index (χ3v) is 3.98. The second kappa shape index (κ2) is 5.43. The van der Waals surface area contributed by atoms with E-state index in [1.807, 2.05) is 0 Å². The van der Waals surface area contributed by atoms with Gasteiger partial charge in [-0.2, -0.15) is 0 Å². The number of aryl methyl sites for hydroxylation is 2. The molecule has 1 saturated heterocycles. The van der Waals surface area contributed by atoms with Crippen molar-refractivity contribution in [3.8, 4) is 5.88 Å². The van der Waals surface area contributed by atoms with Gasteiger partial charge < -0.3 is 15.2 Å². The van der Waals surface area contributed by atoms with Gasteiger partial charge in [0.2, 0.25) is 5.88 Å². The molecule has 1 atom stereocenters. The van der Waals surface area contributed by atoms with Crippen LogP contribution in [0.15, 0.2) is 6.07 Å². The van der Waals surface area contributed by atoms with E-state index < -0.39 is 0 Å². The van der Waals surface area contributed by atoms with E-state index in [4.69, 9.17) is 27.4 Å². The molecule has 0 saturated carbocycles. The van der Waals surface area contributed by atoms with Crippen LogP contribution in [-0.4, -0.2) is 29.8 Å². The molecule has 4 nitrogen and oxygen atoms in total. The summed E-state index contributed by atoms with van der Waals surface area (Å²) in [6.45, 7) is 2.22. The van der Waals surface area contributed by atoms with Gasteiger partial charge in [-0.25, -0.2) is 4.98 Å². The third kappa shape index (κ3) is 2.72. The van der Waals surface area contributed by atoms with E-state index in [2.05, 4.69) is 11.1 Å². The van der Waals surface area contributed by atoms with Crippen LogP contribution in [0.4, 0.5) is 0 Å². The van der Waals surface area contributed by atoms with Gasteiger partial charge in [0, 0.05) is 18.2 Å². The molecule has 0 radical (unpaired) electrons. The van der Waals surface area contributed by atoms with E-state index in [0.717, 1.165) is 50.2 Å². The highest BCUT2D eigenvalue weighted by Crippen LogP contribution is 2.27. The monoisotopic (exact) mass is 278 g/mol. The lowest BCUT2D eigenvalue weighted by molar-refractivity contribution is 0.165. The smallest absolute Gasteiger partial charge is 0.224 e. The van der Waals surface area contributed by atoms with Crippen molar-refractivity contribution in [3.05, 3.63) is 22.9 Å². The van der Waals surface area contributed by atoms with E-state index in [9.17, 15) is 0 Å². The normalized spacial score (nSPS) is 21.4. The zero-order valence-corrected chi connectivity index (χ0v) is 11.7. The Labute approximate surface area is 118 Å². The number of thiocarbonyl (C=S) groups is 1. The summed E-state index contributed by atoms with van der Waals surface area (Å²) in [6.07, 6.45) is 4.29. The van der Waals surface area contributed by atoms with Gasteiger partial charge in [0.05, 0.1) is 18.8 Å². The molecule has 1 unspecified atom stereocenters. The zero-order valence-electron chi connectivity index (χ0n) is 10.9. The zero-order chi connectivity index (χ0) is 13.2. The molecule has 1 aromatic rings. The topological polar surface area (TPSA) is 57.4 Å². The highest BCUT2D eigenvalue weighted by Gasteiger charge is 2.21. The van der Waals surface area contributed by atoms with Crippen LogP contribution in [-0.2, 0) is 17.6 Å². The molecule has 102 valence electrons. The Morgan fingerprint density at radius 3 is 3.16 bits per heavy atom. The molecule has 1 fully saturated rings. The fourth-order valence-electron chi connectivity index (χ4n) is 2.65. The number of hydrogen-bond donors (Lipinski definition) is 1. The van der Waals surface area contributed by atoms with Gasteiger partial charge in [-0.3, -0.25) is 0 Å². The molecule has 1 aliphatic carbocycles. The highest BCUT2D eigenvalue weighted by molar-refractivity contribution is 7.80. The molecule has 1 aromatic heterocycles.